The van der Waals surface area contributed by atoms with Gasteiger partial charge < -0.3 is 9.88 Å². The molecule has 0 saturated carbocycles. The SMILES string of the molecule is CC[C@@H](C)c1ccc(NC(=O)CN2CCC(c3nncn3C)CC2)cc1. The van der Waals surface area contributed by atoms with Gasteiger partial charge in [-0.25, -0.2) is 0 Å². The first kappa shape index (κ1) is 18.6. The summed E-state index contributed by atoms with van der Waals surface area (Å²) in [5, 5.41) is 11.2. The highest BCUT2D eigenvalue weighted by atomic mass is 16.2. The normalized spacial score (nSPS) is 17.2. The molecule has 26 heavy (non-hydrogen) atoms. The lowest BCUT2D eigenvalue weighted by molar-refractivity contribution is -0.117. The summed E-state index contributed by atoms with van der Waals surface area (Å²) >= 11 is 0. The van der Waals surface area contributed by atoms with Crippen LogP contribution >= 0.6 is 0 Å². The third kappa shape index (κ3) is 4.49. The minimum atomic E-state index is 0.0541. The second-order valence-electron chi connectivity index (χ2n) is 7.33. The van der Waals surface area contributed by atoms with Crippen LogP contribution in [0.15, 0.2) is 30.6 Å². The molecule has 0 radical (unpaired) electrons. The Bertz CT molecular complexity index is 716. The number of hydrogen-bond acceptors (Lipinski definition) is 4. The van der Waals surface area contributed by atoms with Gasteiger partial charge in [0.05, 0.1) is 6.54 Å². The van der Waals surface area contributed by atoms with E-state index in [0.717, 1.165) is 43.9 Å². The quantitative estimate of drug-likeness (QED) is 0.865. The summed E-state index contributed by atoms with van der Waals surface area (Å²) in [5.74, 6) is 2.10. The Morgan fingerprint density at radius 3 is 2.54 bits per heavy atom. The molecule has 1 aliphatic heterocycles. The molecule has 0 unspecified atom stereocenters. The van der Waals surface area contributed by atoms with Crippen LogP contribution in [0.2, 0.25) is 0 Å². The van der Waals surface area contributed by atoms with Gasteiger partial charge in [0.25, 0.3) is 0 Å². The first-order chi connectivity index (χ1) is 12.6. The maximum Gasteiger partial charge on any atom is 0.238 e. The fraction of sp³-hybridized carbons (Fsp3) is 0.550. The van der Waals surface area contributed by atoms with Crippen molar-refractivity contribution in [1.82, 2.24) is 19.7 Å². The summed E-state index contributed by atoms with van der Waals surface area (Å²) in [6.07, 6.45) is 4.91. The summed E-state index contributed by atoms with van der Waals surface area (Å²) in [5.41, 5.74) is 2.19. The highest BCUT2D eigenvalue weighted by Gasteiger charge is 2.24. The van der Waals surface area contributed by atoms with Gasteiger partial charge in [-0.3, -0.25) is 9.69 Å². The standard InChI is InChI=1S/C20H29N5O/c1-4-15(2)16-5-7-18(8-6-16)22-19(26)13-25-11-9-17(10-12-25)20-23-21-14-24(20)3/h5-8,14-15,17H,4,9-13H2,1-3H3,(H,22,26)/t15-/m1/s1. The van der Waals surface area contributed by atoms with Crippen LogP contribution in [0.3, 0.4) is 0 Å². The average molecular weight is 355 g/mol. The van der Waals surface area contributed by atoms with E-state index >= 15 is 0 Å². The number of likely N-dealkylation sites (tertiary alicyclic amines) is 1. The molecule has 1 aliphatic rings. The van der Waals surface area contributed by atoms with Crippen molar-refractivity contribution in [3.05, 3.63) is 42.0 Å². The molecule has 140 valence electrons. The molecule has 0 bridgehead atoms. The van der Waals surface area contributed by atoms with Crippen LogP contribution < -0.4 is 5.32 Å². The van der Waals surface area contributed by atoms with Crippen molar-refractivity contribution in [3.8, 4) is 0 Å². The van der Waals surface area contributed by atoms with E-state index in [4.69, 9.17) is 0 Å². The van der Waals surface area contributed by atoms with Crippen LogP contribution in [0, 0.1) is 0 Å². The Morgan fingerprint density at radius 1 is 1.27 bits per heavy atom. The van der Waals surface area contributed by atoms with E-state index in [0.29, 0.717) is 18.4 Å². The number of aryl methyl sites for hydroxylation is 1. The lowest BCUT2D eigenvalue weighted by Crippen LogP contribution is -2.39. The molecule has 1 saturated heterocycles. The van der Waals surface area contributed by atoms with E-state index in [-0.39, 0.29) is 5.91 Å². The Balaban J connectivity index is 1.46. The van der Waals surface area contributed by atoms with Crippen LogP contribution in [0.4, 0.5) is 5.69 Å². The largest absolute Gasteiger partial charge is 0.325 e. The van der Waals surface area contributed by atoms with Crippen molar-refractivity contribution < 1.29 is 4.79 Å². The number of rotatable bonds is 6. The van der Waals surface area contributed by atoms with Gasteiger partial charge in [0.15, 0.2) is 0 Å². The minimum Gasteiger partial charge on any atom is -0.325 e. The maximum absolute atomic E-state index is 12.3. The number of carbonyl (C=O) groups excluding carboxylic acids is 1. The maximum atomic E-state index is 12.3. The molecule has 6 nitrogen and oxygen atoms in total. The summed E-state index contributed by atoms with van der Waals surface area (Å²) in [6, 6.07) is 8.21. The summed E-state index contributed by atoms with van der Waals surface area (Å²) in [6.45, 7) is 6.68. The third-order valence-electron chi connectivity index (χ3n) is 5.44. The molecular formula is C20H29N5O. The number of piperidine rings is 1. The molecule has 0 aliphatic carbocycles. The first-order valence-corrected chi connectivity index (χ1v) is 9.53. The fourth-order valence-corrected chi connectivity index (χ4v) is 3.55. The zero-order valence-electron chi connectivity index (χ0n) is 16.0. The van der Waals surface area contributed by atoms with E-state index in [1.165, 1.54) is 5.56 Å². The Kier molecular flexibility index (Phi) is 6.04. The van der Waals surface area contributed by atoms with Gasteiger partial charge in [0.2, 0.25) is 5.91 Å². The molecule has 1 amide bonds. The van der Waals surface area contributed by atoms with Gasteiger partial charge in [0, 0.05) is 18.7 Å². The van der Waals surface area contributed by atoms with E-state index in [2.05, 4.69) is 46.4 Å². The van der Waals surface area contributed by atoms with E-state index in [9.17, 15) is 4.79 Å². The molecule has 1 aromatic heterocycles. The number of aromatic nitrogens is 3. The van der Waals surface area contributed by atoms with Gasteiger partial charge in [-0.2, -0.15) is 0 Å². The smallest absolute Gasteiger partial charge is 0.238 e. The van der Waals surface area contributed by atoms with Crippen molar-refractivity contribution >= 4 is 11.6 Å². The van der Waals surface area contributed by atoms with E-state index < -0.39 is 0 Å². The Morgan fingerprint density at radius 2 is 1.96 bits per heavy atom. The number of nitrogens with one attached hydrogen (secondary N) is 1. The monoisotopic (exact) mass is 355 g/mol. The van der Waals surface area contributed by atoms with Gasteiger partial charge in [-0.1, -0.05) is 26.0 Å². The molecule has 1 fully saturated rings. The zero-order valence-corrected chi connectivity index (χ0v) is 16.0. The van der Waals surface area contributed by atoms with Gasteiger partial charge in [-0.15, -0.1) is 10.2 Å². The molecule has 2 heterocycles. The van der Waals surface area contributed by atoms with Gasteiger partial charge in [-0.05, 0) is 56.0 Å². The molecule has 1 N–H and O–H groups in total. The molecule has 6 heteroatoms. The number of benzene rings is 1. The predicted octanol–water partition coefficient (Wildman–Crippen LogP) is 3.15. The summed E-state index contributed by atoms with van der Waals surface area (Å²) in [4.78, 5) is 14.6. The fourth-order valence-electron chi connectivity index (χ4n) is 3.55. The van der Waals surface area contributed by atoms with Gasteiger partial charge in [0.1, 0.15) is 12.2 Å². The summed E-state index contributed by atoms with van der Waals surface area (Å²) < 4.78 is 2.00. The lowest BCUT2D eigenvalue weighted by atomic mass is 9.96. The second-order valence-corrected chi connectivity index (χ2v) is 7.33. The molecular weight excluding hydrogens is 326 g/mol. The van der Waals surface area contributed by atoms with Crippen molar-refractivity contribution in [1.29, 1.82) is 0 Å². The molecule has 0 spiro atoms. The Hall–Kier alpha value is -2.21. The molecule has 2 aromatic rings. The van der Waals surface area contributed by atoms with Crippen molar-refractivity contribution in [2.75, 3.05) is 25.0 Å². The van der Waals surface area contributed by atoms with Crippen molar-refractivity contribution in [3.63, 3.8) is 0 Å². The van der Waals surface area contributed by atoms with Crippen molar-refractivity contribution in [2.24, 2.45) is 7.05 Å². The minimum absolute atomic E-state index is 0.0541. The van der Waals surface area contributed by atoms with Crippen LogP contribution in [-0.4, -0.2) is 45.2 Å². The third-order valence-corrected chi connectivity index (χ3v) is 5.44. The Labute approximate surface area is 155 Å². The van der Waals surface area contributed by atoms with Crippen LogP contribution in [0.25, 0.3) is 0 Å². The highest BCUT2D eigenvalue weighted by Crippen LogP contribution is 2.26. The summed E-state index contributed by atoms with van der Waals surface area (Å²) in [7, 11) is 1.99. The molecule has 3 rings (SSSR count). The molecule has 1 atom stereocenters. The number of nitrogens with zero attached hydrogens (tertiary/aromatic N) is 4. The topological polar surface area (TPSA) is 63.1 Å². The first-order valence-electron chi connectivity index (χ1n) is 9.53. The van der Waals surface area contributed by atoms with Gasteiger partial charge >= 0.3 is 0 Å². The van der Waals surface area contributed by atoms with Crippen LogP contribution in [-0.2, 0) is 11.8 Å². The number of hydrogen-bond donors (Lipinski definition) is 1. The van der Waals surface area contributed by atoms with E-state index in [1.807, 2.05) is 23.7 Å². The highest BCUT2D eigenvalue weighted by molar-refractivity contribution is 5.92. The second kappa shape index (κ2) is 8.45. The predicted molar refractivity (Wildman–Crippen MR) is 103 cm³/mol. The zero-order chi connectivity index (χ0) is 18.5. The average Bonchev–Trinajstić information content (AvgIpc) is 3.08. The van der Waals surface area contributed by atoms with Crippen LogP contribution in [0.5, 0.6) is 0 Å². The number of amides is 1. The lowest BCUT2D eigenvalue weighted by Gasteiger charge is -2.30. The van der Waals surface area contributed by atoms with E-state index in [1.54, 1.807) is 6.33 Å². The van der Waals surface area contributed by atoms with Crippen molar-refractivity contribution in [2.45, 2.75) is 44.9 Å². The number of anilines is 1. The number of carbonyl (C=O) groups is 1. The van der Waals surface area contributed by atoms with Crippen LogP contribution in [0.1, 0.15) is 56.3 Å². The molecule has 1 aromatic carbocycles.